The lowest BCUT2D eigenvalue weighted by Gasteiger charge is -2.10. The van der Waals surface area contributed by atoms with Gasteiger partial charge in [-0.3, -0.25) is 19.6 Å². The van der Waals surface area contributed by atoms with Crippen molar-refractivity contribution in [1.29, 1.82) is 0 Å². The number of nitrogens with one attached hydrogen (secondary N) is 2. The third-order valence-corrected chi connectivity index (χ3v) is 5.93. The summed E-state index contributed by atoms with van der Waals surface area (Å²) in [6.07, 6.45) is 0. The molecule has 0 saturated carbocycles. The Kier molecular flexibility index (Phi) is 6.40. The lowest BCUT2D eigenvalue weighted by atomic mass is 10.1. The zero-order valence-corrected chi connectivity index (χ0v) is 17.5. The molecule has 1 amide bonds. The Morgan fingerprint density at radius 2 is 1.78 bits per heavy atom. The first-order chi connectivity index (χ1) is 15.1. The molecule has 3 N–H and O–H groups in total. The van der Waals surface area contributed by atoms with E-state index in [4.69, 9.17) is 0 Å². The van der Waals surface area contributed by atoms with Crippen LogP contribution in [0.2, 0.25) is 0 Å². The molecule has 0 heterocycles. The van der Waals surface area contributed by atoms with Gasteiger partial charge in [-0.25, -0.2) is 12.8 Å². The minimum atomic E-state index is -3.95. The fourth-order valence-corrected chi connectivity index (χ4v) is 3.94. The molecule has 0 aliphatic rings. The Balaban J connectivity index is 1.67. The standard InChI is InChI=1S/C21H18FN3O6S/c1-13-10-18(7-8-19(13)22)32(30,31)24-16-4-2-14(3-5-16)21(27)23-12-15-11-17(25(28)29)6-9-20(15)26/h2-11,24,26H,12H2,1H3,(H,23,27). The van der Waals surface area contributed by atoms with Crippen LogP contribution in [-0.4, -0.2) is 24.4 Å². The minimum absolute atomic E-state index is 0.102. The van der Waals surface area contributed by atoms with Crippen molar-refractivity contribution in [2.24, 2.45) is 0 Å². The van der Waals surface area contributed by atoms with Gasteiger partial charge in [-0.15, -0.1) is 0 Å². The van der Waals surface area contributed by atoms with Crippen molar-refractivity contribution in [3.63, 3.8) is 0 Å². The average Bonchev–Trinajstić information content (AvgIpc) is 2.74. The number of non-ortho nitro benzene ring substituents is 1. The fourth-order valence-electron chi connectivity index (χ4n) is 2.79. The number of benzene rings is 3. The summed E-state index contributed by atoms with van der Waals surface area (Å²) in [7, 11) is -3.95. The number of carbonyl (C=O) groups is 1. The number of aryl methyl sites for hydroxylation is 1. The van der Waals surface area contributed by atoms with Crippen LogP contribution < -0.4 is 10.0 Å². The van der Waals surface area contributed by atoms with Gasteiger partial charge in [-0.2, -0.15) is 0 Å². The number of hydrogen-bond acceptors (Lipinski definition) is 6. The second-order valence-electron chi connectivity index (χ2n) is 6.85. The van der Waals surface area contributed by atoms with E-state index < -0.39 is 26.7 Å². The number of anilines is 1. The van der Waals surface area contributed by atoms with Gasteiger partial charge in [0.05, 0.1) is 9.82 Å². The van der Waals surface area contributed by atoms with Crippen LogP contribution in [-0.2, 0) is 16.6 Å². The van der Waals surface area contributed by atoms with Crippen molar-refractivity contribution < 1.29 is 27.6 Å². The summed E-state index contributed by atoms with van der Waals surface area (Å²) in [5.74, 6) is -1.24. The number of phenolic OH excluding ortho intramolecular Hbond substituents is 1. The first-order valence-electron chi connectivity index (χ1n) is 9.20. The molecule has 0 atom stereocenters. The first-order valence-corrected chi connectivity index (χ1v) is 10.7. The summed E-state index contributed by atoms with van der Waals surface area (Å²) in [6.45, 7) is 1.31. The molecule has 3 aromatic rings. The third kappa shape index (κ3) is 5.19. The summed E-state index contributed by atoms with van der Waals surface area (Å²) < 4.78 is 40.7. The number of phenols is 1. The van der Waals surface area contributed by atoms with Gasteiger partial charge >= 0.3 is 0 Å². The Bertz CT molecular complexity index is 1290. The Morgan fingerprint density at radius 3 is 2.41 bits per heavy atom. The van der Waals surface area contributed by atoms with Gasteiger partial charge < -0.3 is 10.4 Å². The molecule has 0 fully saturated rings. The predicted molar refractivity (Wildman–Crippen MR) is 114 cm³/mol. The highest BCUT2D eigenvalue weighted by molar-refractivity contribution is 7.92. The molecule has 0 aliphatic carbocycles. The van der Waals surface area contributed by atoms with Crippen LogP contribution in [0.4, 0.5) is 15.8 Å². The number of amides is 1. The number of nitrogens with zero attached hydrogens (tertiary/aromatic N) is 1. The summed E-state index contributed by atoms with van der Waals surface area (Å²) >= 11 is 0. The van der Waals surface area contributed by atoms with Crippen molar-refractivity contribution in [2.75, 3.05) is 4.72 Å². The van der Waals surface area contributed by atoms with Crippen molar-refractivity contribution >= 4 is 27.3 Å². The van der Waals surface area contributed by atoms with Crippen LogP contribution in [0.15, 0.2) is 65.6 Å². The maximum absolute atomic E-state index is 13.4. The van der Waals surface area contributed by atoms with Gasteiger partial charge in [0.15, 0.2) is 0 Å². The topological polar surface area (TPSA) is 139 Å². The summed E-state index contributed by atoms with van der Waals surface area (Å²) in [5, 5.41) is 23.2. The van der Waals surface area contributed by atoms with Crippen LogP contribution in [0.1, 0.15) is 21.5 Å². The minimum Gasteiger partial charge on any atom is -0.508 e. The third-order valence-electron chi connectivity index (χ3n) is 4.55. The second kappa shape index (κ2) is 9.02. The summed E-state index contributed by atoms with van der Waals surface area (Å²) in [6, 6.07) is 12.4. The number of sulfonamides is 1. The van der Waals surface area contributed by atoms with E-state index in [1.165, 1.54) is 43.3 Å². The molecule has 9 nitrogen and oxygen atoms in total. The average molecular weight is 459 g/mol. The Morgan fingerprint density at radius 1 is 1.09 bits per heavy atom. The number of carbonyl (C=O) groups excluding carboxylic acids is 1. The SMILES string of the molecule is Cc1cc(S(=O)(=O)Nc2ccc(C(=O)NCc3cc([N+](=O)[O-])ccc3O)cc2)ccc1F. The fraction of sp³-hybridized carbons (Fsp3) is 0.0952. The molecule has 0 spiro atoms. The van der Waals surface area contributed by atoms with Crippen LogP contribution in [0.3, 0.4) is 0 Å². The van der Waals surface area contributed by atoms with Gasteiger partial charge in [0.2, 0.25) is 0 Å². The number of halogens is 1. The van der Waals surface area contributed by atoms with Crippen LogP contribution in [0, 0.1) is 22.9 Å². The highest BCUT2D eigenvalue weighted by atomic mass is 32.2. The van der Waals surface area contributed by atoms with Gasteiger partial charge in [0, 0.05) is 35.5 Å². The molecular formula is C21H18FN3O6S. The van der Waals surface area contributed by atoms with E-state index in [2.05, 4.69) is 10.0 Å². The van der Waals surface area contributed by atoms with Gasteiger partial charge in [-0.1, -0.05) is 0 Å². The highest BCUT2D eigenvalue weighted by Gasteiger charge is 2.16. The van der Waals surface area contributed by atoms with Gasteiger partial charge in [0.1, 0.15) is 11.6 Å². The molecule has 0 radical (unpaired) electrons. The van der Waals surface area contributed by atoms with Gasteiger partial charge in [-0.05, 0) is 61.0 Å². The van der Waals surface area contributed by atoms with E-state index in [9.17, 15) is 32.8 Å². The van der Waals surface area contributed by atoms with E-state index in [1.807, 2.05) is 0 Å². The maximum Gasteiger partial charge on any atom is 0.270 e. The quantitative estimate of drug-likeness (QED) is 0.365. The van der Waals surface area contributed by atoms with Gasteiger partial charge in [0.25, 0.3) is 21.6 Å². The van der Waals surface area contributed by atoms with Crippen molar-refractivity contribution in [3.8, 4) is 5.75 Å². The largest absolute Gasteiger partial charge is 0.508 e. The van der Waals surface area contributed by atoms with Crippen LogP contribution in [0.5, 0.6) is 5.75 Å². The maximum atomic E-state index is 13.4. The highest BCUT2D eigenvalue weighted by Crippen LogP contribution is 2.23. The smallest absolute Gasteiger partial charge is 0.270 e. The number of nitro benzene ring substituents is 1. The first kappa shape index (κ1) is 22.7. The molecule has 3 aromatic carbocycles. The normalized spacial score (nSPS) is 11.1. The van der Waals surface area contributed by atoms with E-state index in [0.717, 1.165) is 24.3 Å². The molecular weight excluding hydrogens is 441 g/mol. The van der Waals surface area contributed by atoms with E-state index in [-0.39, 0.29) is 45.3 Å². The summed E-state index contributed by atoms with van der Waals surface area (Å²) in [5.41, 5.74) is 0.539. The zero-order chi connectivity index (χ0) is 23.5. The number of rotatable bonds is 7. The monoisotopic (exact) mass is 459 g/mol. The second-order valence-corrected chi connectivity index (χ2v) is 8.53. The van der Waals surface area contributed by atoms with E-state index in [1.54, 1.807) is 0 Å². The number of hydrogen-bond donors (Lipinski definition) is 3. The van der Waals surface area contributed by atoms with Crippen molar-refractivity contribution in [2.45, 2.75) is 18.4 Å². The van der Waals surface area contributed by atoms with Crippen LogP contribution >= 0.6 is 0 Å². The molecule has 3 rings (SSSR count). The molecule has 11 heteroatoms. The molecule has 0 saturated heterocycles. The molecule has 166 valence electrons. The number of nitro groups is 1. The lowest BCUT2D eigenvalue weighted by Crippen LogP contribution is -2.23. The van der Waals surface area contributed by atoms with E-state index >= 15 is 0 Å². The molecule has 0 aromatic heterocycles. The molecule has 0 aliphatic heterocycles. The Hall–Kier alpha value is -3.99. The Labute approximate surface area is 182 Å². The lowest BCUT2D eigenvalue weighted by molar-refractivity contribution is -0.384. The summed E-state index contributed by atoms with van der Waals surface area (Å²) in [4.78, 5) is 22.5. The predicted octanol–water partition coefficient (Wildman–Crippen LogP) is 3.48. The molecule has 0 bridgehead atoms. The molecule has 0 unspecified atom stereocenters. The zero-order valence-electron chi connectivity index (χ0n) is 16.7. The molecule has 32 heavy (non-hydrogen) atoms. The van der Waals surface area contributed by atoms with Crippen molar-refractivity contribution in [1.82, 2.24) is 5.32 Å². The number of aromatic hydroxyl groups is 1. The van der Waals surface area contributed by atoms with Crippen LogP contribution in [0.25, 0.3) is 0 Å². The van der Waals surface area contributed by atoms with E-state index in [0.29, 0.717) is 0 Å². The van der Waals surface area contributed by atoms with Crippen molar-refractivity contribution in [3.05, 3.63) is 93.3 Å².